The van der Waals surface area contributed by atoms with E-state index in [2.05, 4.69) is 12.2 Å². The van der Waals surface area contributed by atoms with Crippen LogP contribution in [0.5, 0.6) is 0 Å². The van der Waals surface area contributed by atoms with E-state index in [4.69, 9.17) is 0 Å². The van der Waals surface area contributed by atoms with Crippen molar-refractivity contribution in [3.63, 3.8) is 0 Å². The maximum Gasteiger partial charge on any atom is 0.269 e. The highest BCUT2D eigenvalue weighted by Crippen LogP contribution is 2.22. The van der Waals surface area contributed by atoms with Crippen molar-refractivity contribution >= 4 is 5.69 Å². The average molecular weight is 252 g/mol. The molecule has 0 saturated carbocycles. The van der Waals surface area contributed by atoms with Gasteiger partial charge in [-0.15, -0.1) is 0 Å². The van der Waals surface area contributed by atoms with Crippen LogP contribution in [-0.4, -0.2) is 22.7 Å². The molecule has 0 radical (unpaired) electrons. The first-order chi connectivity index (χ1) is 8.54. The standard InChI is InChI=1S/C13H20N2O3/c1-3-5-13(14-9-10(2)16)11-6-4-7-12(8-11)15(17)18/h4,6-8,10,13-14,16H,3,5,9H2,1-2H3. The second-order valence-corrected chi connectivity index (χ2v) is 4.45. The van der Waals surface area contributed by atoms with Crippen LogP contribution in [0.2, 0.25) is 0 Å². The summed E-state index contributed by atoms with van der Waals surface area (Å²) in [6.45, 7) is 4.26. The third kappa shape index (κ3) is 4.43. The molecule has 0 spiro atoms. The van der Waals surface area contributed by atoms with Crippen LogP contribution < -0.4 is 5.32 Å². The number of benzene rings is 1. The zero-order valence-corrected chi connectivity index (χ0v) is 10.8. The zero-order chi connectivity index (χ0) is 13.5. The first-order valence-corrected chi connectivity index (χ1v) is 6.20. The lowest BCUT2D eigenvalue weighted by atomic mass is 10.0. The molecule has 0 heterocycles. The fourth-order valence-corrected chi connectivity index (χ4v) is 1.84. The van der Waals surface area contributed by atoms with Crippen molar-refractivity contribution in [2.24, 2.45) is 0 Å². The highest BCUT2D eigenvalue weighted by Gasteiger charge is 2.14. The Morgan fingerprint density at radius 1 is 1.50 bits per heavy atom. The first-order valence-electron chi connectivity index (χ1n) is 6.20. The molecule has 0 saturated heterocycles. The Balaban J connectivity index is 2.83. The SMILES string of the molecule is CCCC(NCC(C)O)c1cccc([N+](=O)[O-])c1. The fourth-order valence-electron chi connectivity index (χ4n) is 1.84. The lowest BCUT2D eigenvalue weighted by molar-refractivity contribution is -0.384. The maximum atomic E-state index is 10.7. The van der Waals surface area contributed by atoms with E-state index in [0.717, 1.165) is 18.4 Å². The normalized spacial score (nSPS) is 14.2. The van der Waals surface area contributed by atoms with Gasteiger partial charge >= 0.3 is 0 Å². The van der Waals surface area contributed by atoms with Gasteiger partial charge < -0.3 is 10.4 Å². The number of aliphatic hydroxyl groups excluding tert-OH is 1. The summed E-state index contributed by atoms with van der Waals surface area (Å²) >= 11 is 0. The van der Waals surface area contributed by atoms with E-state index >= 15 is 0 Å². The summed E-state index contributed by atoms with van der Waals surface area (Å²) < 4.78 is 0. The molecule has 0 aliphatic rings. The van der Waals surface area contributed by atoms with Crippen molar-refractivity contribution < 1.29 is 10.0 Å². The van der Waals surface area contributed by atoms with Gasteiger partial charge in [0.15, 0.2) is 0 Å². The molecule has 18 heavy (non-hydrogen) atoms. The van der Waals surface area contributed by atoms with Crippen LogP contribution in [0.1, 0.15) is 38.3 Å². The monoisotopic (exact) mass is 252 g/mol. The molecular formula is C13H20N2O3. The van der Waals surface area contributed by atoms with Crippen LogP contribution in [0.3, 0.4) is 0 Å². The van der Waals surface area contributed by atoms with Crippen LogP contribution in [0.4, 0.5) is 5.69 Å². The van der Waals surface area contributed by atoms with E-state index in [0.29, 0.717) is 6.54 Å². The summed E-state index contributed by atoms with van der Waals surface area (Å²) in [5.41, 5.74) is 0.999. The molecule has 2 N–H and O–H groups in total. The number of rotatable bonds is 7. The molecular weight excluding hydrogens is 232 g/mol. The second kappa shape index (κ2) is 7.08. The van der Waals surface area contributed by atoms with Gasteiger partial charge in [-0.1, -0.05) is 25.5 Å². The Hall–Kier alpha value is -1.46. The summed E-state index contributed by atoms with van der Waals surface area (Å²) in [4.78, 5) is 10.4. The van der Waals surface area contributed by atoms with Crippen LogP contribution in [0.15, 0.2) is 24.3 Å². The number of hydrogen-bond acceptors (Lipinski definition) is 4. The summed E-state index contributed by atoms with van der Waals surface area (Å²) in [5, 5.41) is 23.3. The first kappa shape index (κ1) is 14.6. The van der Waals surface area contributed by atoms with Crippen molar-refractivity contribution in [1.82, 2.24) is 5.32 Å². The largest absolute Gasteiger partial charge is 0.392 e. The summed E-state index contributed by atoms with van der Waals surface area (Å²) in [6.07, 6.45) is 1.43. The average Bonchev–Trinajstić information content (AvgIpc) is 2.34. The number of nitro benzene ring substituents is 1. The molecule has 1 aromatic carbocycles. The molecule has 0 amide bonds. The lowest BCUT2D eigenvalue weighted by Crippen LogP contribution is -2.28. The molecule has 1 rings (SSSR count). The molecule has 0 bridgehead atoms. The van der Waals surface area contributed by atoms with Crippen molar-refractivity contribution in [2.45, 2.75) is 38.8 Å². The van der Waals surface area contributed by atoms with Crippen LogP contribution in [-0.2, 0) is 0 Å². The summed E-state index contributed by atoms with van der Waals surface area (Å²) in [5.74, 6) is 0. The second-order valence-electron chi connectivity index (χ2n) is 4.45. The van der Waals surface area contributed by atoms with Crippen molar-refractivity contribution in [2.75, 3.05) is 6.54 Å². The number of nitrogens with one attached hydrogen (secondary N) is 1. The van der Waals surface area contributed by atoms with Gasteiger partial charge in [-0.3, -0.25) is 10.1 Å². The molecule has 5 nitrogen and oxygen atoms in total. The molecule has 5 heteroatoms. The minimum atomic E-state index is -0.428. The fraction of sp³-hybridized carbons (Fsp3) is 0.538. The van der Waals surface area contributed by atoms with Crippen LogP contribution in [0, 0.1) is 10.1 Å². The van der Waals surface area contributed by atoms with E-state index in [9.17, 15) is 15.2 Å². The Bertz CT molecular complexity index is 394. The maximum absolute atomic E-state index is 10.7. The minimum absolute atomic E-state index is 0.0458. The highest BCUT2D eigenvalue weighted by atomic mass is 16.6. The van der Waals surface area contributed by atoms with Gasteiger partial charge in [0, 0.05) is 24.7 Å². The molecule has 2 unspecified atom stereocenters. The van der Waals surface area contributed by atoms with E-state index < -0.39 is 6.10 Å². The van der Waals surface area contributed by atoms with Gasteiger partial charge in [0.2, 0.25) is 0 Å². The third-order valence-electron chi connectivity index (χ3n) is 2.72. The van der Waals surface area contributed by atoms with E-state index in [-0.39, 0.29) is 16.7 Å². The summed E-state index contributed by atoms with van der Waals surface area (Å²) in [6, 6.07) is 6.70. The molecule has 0 fully saturated rings. The zero-order valence-electron chi connectivity index (χ0n) is 10.8. The molecule has 0 aliphatic heterocycles. The van der Waals surface area contributed by atoms with Crippen molar-refractivity contribution in [3.8, 4) is 0 Å². The van der Waals surface area contributed by atoms with Gasteiger partial charge in [-0.25, -0.2) is 0 Å². The lowest BCUT2D eigenvalue weighted by Gasteiger charge is -2.19. The number of hydrogen-bond donors (Lipinski definition) is 2. The van der Waals surface area contributed by atoms with Gasteiger partial charge in [-0.05, 0) is 18.9 Å². The topological polar surface area (TPSA) is 75.4 Å². The van der Waals surface area contributed by atoms with E-state index in [1.54, 1.807) is 19.1 Å². The number of nitro groups is 1. The Kier molecular flexibility index (Phi) is 5.74. The molecule has 0 aliphatic carbocycles. The van der Waals surface area contributed by atoms with Gasteiger partial charge in [0.05, 0.1) is 11.0 Å². The Morgan fingerprint density at radius 3 is 2.78 bits per heavy atom. The predicted octanol–water partition coefficient (Wildman–Crippen LogP) is 2.41. The smallest absolute Gasteiger partial charge is 0.269 e. The molecule has 0 aromatic heterocycles. The minimum Gasteiger partial charge on any atom is -0.392 e. The van der Waals surface area contributed by atoms with E-state index in [1.165, 1.54) is 6.07 Å². The van der Waals surface area contributed by atoms with Crippen molar-refractivity contribution in [1.29, 1.82) is 0 Å². The molecule has 1 aromatic rings. The number of non-ortho nitro benzene ring substituents is 1. The predicted molar refractivity (Wildman–Crippen MR) is 70.4 cm³/mol. The third-order valence-corrected chi connectivity index (χ3v) is 2.72. The molecule has 2 atom stereocenters. The number of aliphatic hydroxyl groups is 1. The van der Waals surface area contributed by atoms with E-state index in [1.807, 2.05) is 6.07 Å². The van der Waals surface area contributed by atoms with Gasteiger partial charge in [0.25, 0.3) is 5.69 Å². The highest BCUT2D eigenvalue weighted by molar-refractivity contribution is 5.35. The molecule has 100 valence electrons. The number of nitrogens with zero attached hydrogens (tertiary/aromatic N) is 1. The van der Waals surface area contributed by atoms with Crippen molar-refractivity contribution in [3.05, 3.63) is 39.9 Å². The van der Waals surface area contributed by atoms with Gasteiger partial charge in [0.1, 0.15) is 0 Å². The quantitative estimate of drug-likeness (QED) is 0.577. The van der Waals surface area contributed by atoms with Gasteiger partial charge in [-0.2, -0.15) is 0 Å². The summed E-state index contributed by atoms with van der Waals surface area (Å²) in [7, 11) is 0. The van der Waals surface area contributed by atoms with Crippen LogP contribution >= 0.6 is 0 Å². The Labute approximate surface area is 107 Å². The Morgan fingerprint density at radius 2 is 2.22 bits per heavy atom. The van der Waals surface area contributed by atoms with Crippen LogP contribution in [0.25, 0.3) is 0 Å².